The van der Waals surface area contributed by atoms with Crippen molar-refractivity contribution in [2.45, 2.75) is 33.2 Å². The molecule has 1 N–H and O–H groups in total. The van der Waals surface area contributed by atoms with E-state index >= 15 is 0 Å². The third kappa shape index (κ3) is 7.15. The second kappa shape index (κ2) is 6.00. The van der Waals surface area contributed by atoms with Gasteiger partial charge in [-0.2, -0.15) is 0 Å². The summed E-state index contributed by atoms with van der Waals surface area (Å²) in [5, 5.41) is 3.21. The van der Waals surface area contributed by atoms with Gasteiger partial charge in [-0.15, -0.1) is 6.42 Å². The van der Waals surface area contributed by atoms with Crippen LogP contribution in [0.3, 0.4) is 0 Å². The zero-order valence-electron chi connectivity index (χ0n) is 7.65. The molecule has 0 aromatic carbocycles. The van der Waals surface area contributed by atoms with Crippen molar-refractivity contribution < 1.29 is 0 Å². The first-order valence-electron chi connectivity index (χ1n) is 3.99. The molecule has 1 unspecified atom stereocenters. The Morgan fingerprint density at radius 1 is 1.64 bits per heavy atom. The Labute approximate surface area is 69.9 Å². The molecule has 0 aliphatic carbocycles. The highest BCUT2D eigenvalue weighted by Crippen LogP contribution is 1.91. The van der Waals surface area contributed by atoms with Crippen molar-refractivity contribution in [3.05, 3.63) is 11.6 Å². The molecular formula is C10H17N. The average molecular weight is 151 g/mol. The van der Waals surface area contributed by atoms with Crippen molar-refractivity contribution in [2.75, 3.05) is 6.54 Å². The molecule has 0 saturated carbocycles. The van der Waals surface area contributed by atoms with Crippen LogP contribution >= 0.6 is 0 Å². The van der Waals surface area contributed by atoms with Crippen molar-refractivity contribution in [2.24, 2.45) is 0 Å². The lowest BCUT2D eigenvalue weighted by Gasteiger charge is -2.04. The van der Waals surface area contributed by atoms with Crippen LogP contribution in [0, 0.1) is 12.3 Å². The fourth-order valence-electron chi connectivity index (χ4n) is 0.720. The molecule has 0 fully saturated rings. The molecule has 0 radical (unpaired) electrons. The Morgan fingerprint density at radius 3 is 2.73 bits per heavy atom. The number of nitrogens with one attached hydrogen (secondary N) is 1. The van der Waals surface area contributed by atoms with E-state index in [0.29, 0.717) is 0 Å². The highest BCUT2D eigenvalue weighted by Gasteiger charge is 1.91. The molecule has 0 aliphatic rings. The molecule has 0 bridgehead atoms. The minimum Gasteiger partial charge on any atom is -0.304 e. The minimum absolute atomic E-state index is 0.195. The number of hydrogen-bond acceptors (Lipinski definition) is 1. The van der Waals surface area contributed by atoms with E-state index in [1.807, 2.05) is 6.92 Å². The van der Waals surface area contributed by atoms with E-state index in [9.17, 15) is 0 Å². The maximum Gasteiger partial charge on any atom is 0.0658 e. The van der Waals surface area contributed by atoms with Crippen LogP contribution in [-0.4, -0.2) is 12.6 Å². The van der Waals surface area contributed by atoms with Crippen LogP contribution in [0.4, 0.5) is 0 Å². The van der Waals surface area contributed by atoms with Gasteiger partial charge < -0.3 is 5.32 Å². The van der Waals surface area contributed by atoms with Crippen LogP contribution in [0.2, 0.25) is 0 Å². The van der Waals surface area contributed by atoms with Gasteiger partial charge in [-0.1, -0.05) is 17.6 Å². The van der Waals surface area contributed by atoms with Crippen molar-refractivity contribution in [1.29, 1.82) is 0 Å². The average Bonchev–Trinajstić information content (AvgIpc) is 1.97. The lowest BCUT2D eigenvalue weighted by Crippen LogP contribution is -2.24. The quantitative estimate of drug-likeness (QED) is 0.368. The fourth-order valence-corrected chi connectivity index (χ4v) is 0.720. The van der Waals surface area contributed by atoms with E-state index in [4.69, 9.17) is 6.42 Å². The van der Waals surface area contributed by atoms with E-state index < -0.39 is 0 Å². The number of allylic oxidation sites excluding steroid dienone is 1. The van der Waals surface area contributed by atoms with Crippen LogP contribution in [-0.2, 0) is 0 Å². The van der Waals surface area contributed by atoms with Gasteiger partial charge in [-0.3, -0.25) is 0 Å². The van der Waals surface area contributed by atoms with Crippen molar-refractivity contribution >= 4 is 0 Å². The Balaban J connectivity index is 3.30. The molecule has 0 heterocycles. The summed E-state index contributed by atoms with van der Waals surface area (Å²) in [4.78, 5) is 0. The van der Waals surface area contributed by atoms with E-state index in [-0.39, 0.29) is 6.04 Å². The largest absolute Gasteiger partial charge is 0.304 e. The molecule has 0 rings (SSSR count). The maximum absolute atomic E-state index is 5.19. The van der Waals surface area contributed by atoms with Gasteiger partial charge in [0.2, 0.25) is 0 Å². The standard InChI is InChI=1S/C10H17N/c1-5-10(4)11-8-6-7-9(2)3/h1,7,10-11H,6,8H2,2-4H3. The lowest BCUT2D eigenvalue weighted by atomic mass is 10.2. The zero-order chi connectivity index (χ0) is 8.69. The zero-order valence-corrected chi connectivity index (χ0v) is 7.65. The first-order chi connectivity index (χ1) is 5.16. The maximum atomic E-state index is 5.19. The van der Waals surface area contributed by atoms with Gasteiger partial charge in [0.25, 0.3) is 0 Å². The molecule has 1 nitrogen and oxygen atoms in total. The second-order valence-corrected chi connectivity index (χ2v) is 2.91. The van der Waals surface area contributed by atoms with Crippen LogP contribution < -0.4 is 5.32 Å². The first kappa shape index (κ1) is 10.3. The first-order valence-corrected chi connectivity index (χ1v) is 3.99. The summed E-state index contributed by atoms with van der Waals surface area (Å²) in [5.41, 5.74) is 1.36. The van der Waals surface area contributed by atoms with Crippen LogP contribution in [0.5, 0.6) is 0 Å². The molecule has 0 aromatic rings. The van der Waals surface area contributed by atoms with E-state index in [1.165, 1.54) is 5.57 Å². The topological polar surface area (TPSA) is 12.0 Å². The highest BCUT2D eigenvalue weighted by atomic mass is 14.9. The van der Waals surface area contributed by atoms with Gasteiger partial charge in [0.15, 0.2) is 0 Å². The third-order valence-corrected chi connectivity index (χ3v) is 1.40. The molecule has 1 heteroatoms. The normalized spacial score (nSPS) is 11.8. The Bertz CT molecular complexity index is 158. The van der Waals surface area contributed by atoms with Gasteiger partial charge in [0.1, 0.15) is 0 Å². The van der Waals surface area contributed by atoms with Crippen LogP contribution in [0.15, 0.2) is 11.6 Å². The molecular weight excluding hydrogens is 134 g/mol. The van der Waals surface area contributed by atoms with E-state index in [2.05, 4.69) is 31.2 Å². The summed E-state index contributed by atoms with van der Waals surface area (Å²) < 4.78 is 0. The molecule has 0 aromatic heterocycles. The summed E-state index contributed by atoms with van der Waals surface area (Å²) in [6.07, 6.45) is 8.45. The lowest BCUT2D eigenvalue weighted by molar-refractivity contribution is 0.651. The number of rotatable bonds is 4. The van der Waals surface area contributed by atoms with Crippen molar-refractivity contribution in [3.8, 4) is 12.3 Å². The number of terminal acetylenes is 1. The van der Waals surface area contributed by atoms with Crippen molar-refractivity contribution in [3.63, 3.8) is 0 Å². The molecule has 1 atom stereocenters. The van der Waals surface area contributed by atoms with Crippen LogP contribution in [0.25, 0.3) is 0 Å². The van der Waals surface area contributed by atoms with E-state index in [1.54, 1.807) is 0 Å². The van der Waals surface area contributed by atoms with Crippen LogP contribution in [0.1, 0.15) is 27.2 Å². The Kier molecular flexibility index (Phi) is 5.60. The number of hydrogen-bond donors (Lipinski definition) is 1. The highest BCUT2D eigenvalue weighted by molar-refractivity contribution is 4.97. The molecule has 0 saturated heterocycles. The van der Waals surface area contributed by atoms with Gasteiger partial charge in [0.05, 0.1) is 6.04 Å². The summed E-state index contributed by atoms with van der Waals surface area (Å²) >= 11 is 0. The Morgan fingerprint density at radius 2 is 2.27 bits per heavy atom. The minimum atomic E-state index is 0.195. The Hall–Kier alpha value is -0.740. The fraction of sp³-hybridized carbons (Fsp3) is 0.600. The van der Waals surface area contributed by atoms with Crippen molar-refractivity contribution in [1.82, 2.24) is 5.32 Å². The monoisotopic (exact) mass is 151 g/mol. The third-order valence-electron chi connectivity index (χ3n) is 1.40. The summed E-state index contributed by atoms with van der Waals surface area (Å²) in [5.74, 6) is 2.62. The molecule has 0 spiro atoms. The molecule has 0 aliphatic heterocycles. The van der Waals surface area contributed by atoms with E-state index in [0.717, 1.165) is 13.0 Å². The summed E-state index contributed by atoms with van der Waals surface area (Å²) in [7, 11) is 0. The molecule has 11 heavy (non-hydrogen) atoms. The predicted octanol–water partition coefficient (Wildman–Crippen LogP) is 1.95. The summed E-state index contributed by atoms with van der Waals surface area (Å²) in [6.45, 7) is 7.16. The summed E-state index contributed by atoms with van der Waals surface area (Å²) in [6, 6.07) is 0.195. The van der Waals surface area contributed by atoms with Gasteiger partial charge in [0, 0.05) is 0 Å². The SMILES string of the molecule is C#CC(C)NCCC=C(C)C. The van der Waals surface area contributed by atoms with Gasteiger partial charge >= 0.3 is 0 Å². The van der Waals surface area contributed by atoms with Gasteiger partial charge in [-0.25, -0.2) is 0 Å². The second-order valence-electron chi connectivity index (χ2n) is 2.91. The van der Waals surface area contributed by atoms with Gasteiger partial charge in [-0.05, 0) is 33.7 Å². The predicted molar refractivity (Wildman–Crippen MR) is 50.3 cm³/mol. The molecule has 0 amide bonds. The smallest absolute Gasteiger partial charge is 0.0658 e. The molecule has 62 valence electrons.